The molecule has 0 fully saturated rings. The van der Waals surface area contributed by atoms with Crippen molar-refractivity contribution < 1.29 is 31.9 Å². The van der Waals surface area contributed by atoms with E-state index in [1.54, 1.807) is 50.2 Å². The number of hydrogen-bond donors (Lipinski definition) is 0. The van der Waals surface area contributed by atoms with Crippen LogP contribution < -0.4 is 19.6 Å². The minimum absolute atomic E-state index is 0.0264. The summed E-state index contributed by atoms with van der Waals surface area (Å²) in [5, 5.41) is 0. The van der Waals surface area contributed by atoms with Crippen LogP contribution in [0.3, 0.4) is 0 Å². The first-order chi connectivity index (χ1) is 20.0. The van der Waals surface area contributed by atoms with Crippen LogP contribution in [-0.2, 0) is 15.7 Å². The summed E-state index contributed by atoms with van der Waals surface area (Å²) >= 11 is 1.12. The van der Waals surface area contributed by atoms with Crippen LogP contribution in [0.1, 0.15) is 50.6 Å². The van der Waals surface area contributed by atoms with Gasteiger partial charge in [-0.2, -0.15) is 13.2 Å². The summed E-state index contributed by atoms with van der Waals surface area (Å²) in [5.74, 6) is 0.578. The largest absolute Gasteiger partial charge is 0.491 e. The van der Waals surface area contributed by atoms with E-state index in [2.05, 4.69) is 4.99 Å². The number of rotatable bonds is 7. The van der Waals surface area contributed by atoms with Gasteiger partial charge in [-0.05, 0) is 69.7 Å². The maximum atomic E-state index is 13.8. The zero-order valence-corrected chi connectivity index (χ0v) is 24.0. The van der Waals surface area contributed by atoms with E-state index >= 15 is 0 Å². The third-order valence-corrected chi connectivity index (χ3v) is 7.44. The Labute approximate surface area is 242 Å². The second-order valence-corrected chi connectivity index (χ2v) is 10.8. The fourth-order valence-corrected chi connectivity index (χ4v) is 5.70. The van der Waals surface area contributed by atoms with Crippen LogP contribution in [0.4, 0.5) is 13.2 Å². The monoisotopic (exact) mass is 596 g/mol. The molecule has 0 saturated carbocycles. The van der Waals surface area contributed by atoms with Crippen LogP contribution >= 0.6 is 11.3 Å². The van der Waals surface area contributed by atoms with E-state index in [0.29, 0.717) is 21.8 Å². The number of allylic oxidation sites excluding steroid dienone is 1. The van der Waals surface area contributed by atoms with Crippen molar-refractivity contribution in [3.05, 3.63) is 109 Å². The van der Waals surface area contributed by atoms with E-state index in [-0.39, 0.29) is 39.9 Å². The highest BCUT2D eigenvalue weighted by Gasteiger charge is 2.33. The number of carbonyl (C=O) groups excluding carboxylic acids is 1. The Balaban J connectivity index is 1.58. The van der Waals surface area contributed by atoms with Crippen LogP contribution in [-0.4, -0.2) is 23.2 Å². The molecule has 7 nitrogen and oxygen atoms in total. The lowest BCUT2D eigenvalue weighted by Crippen LogP contribution is -2.39. The van der Waals surface area contributed by atoms with Gasteiger partial charge in [-0.25, -0.2) is 9.79 Å². The molecule has 42 heavy (non-hydrogen) atoms. The fraction of sp³-hybridized carbons (Fsp3) is 0.258. The summed E-state index contributed by atoms with van der Waals surface area (Å²) in [6.45, 7) is 7.38. The van der Waals surface area contributed by atoms with E-state index < -0.39 is 29.3 Å². The topological polar surface area (TPSA) is 83.0 Å². The van der Waals surface area contributed by atoms with Crippen LogP contribution in [0.2, 0.25) is 0 Å². The molecule has 0 radical (unpaired) electrons. The van der Waals surface area contributed by atoms with Crippen molar-refractivity contribution in [1.82, 2.24) is 4.57 Å². The van der Waals surface area contributed by atoms with Gasteiger partial charge in [0, 0.05) is 11.6 Å². The maximum Gasteiger partial charge on any atom is 0.416 e. The molecule has 1 atom stereocenters. The van der Waals surface area contributed by atoms with Gasteiger partial charge >= 0.3 is 12.1 Å². The lowest BCUT2D eigenvalue weighted by molar-refractivity contribution is -0.139. The Kier molecular flexibility index (Phi) is 7.96. The summed E-state index contributed by atoms with van der Waals surface area (Å²) in [7, 11) is 0. The molecule has 4 aromatic rings. The summed E-state index contributed by atoms with van der Waals surface area (Å²) < 4.78 is 58.2. The predicted molar refractivity (Wildman–Crippen MR) is 152 cm³/mol. The second kappa shape index (κ2) is 11.5. The minimum atomic E-state index is -4.49. The van der Waals surface area contributed by atoms with Crippen LogP contribution in [0.25, 0.3) is 17.4 Å². The minimum Gasteiger partial charge on any atom is -0.491 e. The predicted octanol–water partition coefficient (Wildman–Crippen LogP) is 5.86. The van der Waals surface area contributed by atoms with Gasteiger partial charge in [-0.3, -0.25) is 9.36 Å². The van der Waals surface area contributed by atoms with Crippen molar-refractivity contribution >= 4 is 23.4 Å². The van der Waals surface area contributed by atoms with E-state index in [1.165, 1.54) is 22.8 Å². The van der Waals surface area contributed by atoms with E-state index in [1.807, 2.05) is 13.8 Å². The van der Waals surface area contributed by atoms with Crippen molar-refractivity contribution in [1.29, 1.82) is 0 Å². The SMILES string of the molecule is CCOC(=O)C1=C(C)N=c2s/c(=C\c3ccc(-c4cccc(C(F)(F)F)c4)o3)c(=O)n2[C@@H]1c1ccc(OC(C)C)cc1. The van der Waals surface area contributed by atoms with Gasteiger partial charge in [-0.15, -0.1) is 0 Å². The number of nitrogens with zero attached hydrogens (tertiary/aromatic N) is 2. The van der Waals surface area contributed by atoms with Crippen molar-refractivity contribution in [2.75, 3.05) is 6.61 Å². The quantitative estimate of drug-likeness (QED) is 0.250. The highest BCUT2D eigenvalue weighted by atomic mass is 32.1. The van der Waals surface area contributed by atoms with Gasteiger partial charge in [-0.1, -0.05) is 35.6 Å². The number of carbonyl (C=O) groups is 1. The number of esters is 1. The third kappa shape index (κ3) is 5.82. The number of furan rings is 1. The fourth-order valence-electron chi connectivity index (χ4n) is 4.67. The molecule has 2 aromatic carbocycles. The van der Waals surface area contributed by atoms with E-state index in [4.69, 9.17) is 13.9 Å². The average molecular weight is 597 g/mol. The zero-order valence-electron chi connectivity index (χ0n) is 23.2. The zero-order chi connectivity index (χ0) is 30.2. The number of aromatic nitrogens is 1. The molecule has 0 amide bonds. The Hall–Kier alpha value is -4.38. The number of ether oxygens (including phenoxy) is 2. The Morgan fingerprint density at radius 3 is 2.55 bits per heavy atom. The first kappa shape index (κ1) is 29.1. The molecular weight excluding hydrogens is 569 g/mol. The van der Waals surface area contributed by atoms with Crippen LogP contribution in [0.15, 0.2) is 86.1 Å². The Morgan fingerprint density at radius 2 is 1.88 bits per heavy atom. The molecule has 0 N–H and O–H groups in total. The van der Waals surface area contributed by atoms with E-state index in [0.717, 1.165) is 23.5 Å². The molecule has 2 aromatic heterocycles. The normalized spacial score (nSPS) is 15.5. The number of benzene rings is 2. The number of halogens is 3. The molecule has 0 bridgehead atoms. The summed E-state index contributed by atoms with van der Waals surface area (Å²) in [5.41, 5.74) is 0.406. The summed E-state index contributed by atoms with van der Waals surface area (Å²) in [6, 6.07) is 14.3. The molecule has 3 heterocycles. The molecular formula is C31H27F3N2O5S. The first-order valence-electron chi connectivity index (χ1n) is 13.2. The molecule has 1 aliphatic heterocycles. The van der Waals surface area contributed by atoms with Crippen molar-refractivity contribution in [2.24, 2.45) is 4.99 Å². The molecule has 1 aliphatic rings. The molecule has 5 rings (SSSR count). The third-order valence-electron chi connectivity index (χ3n) is 6.46. The Bertz CT molecular complexity index is 1850. The van der Waals surface area contributed by atoms with Crippen molar-refractivity contribution in [3.8, 4) is 17.1 Å². The summed E-state index contributed by atoms with van der Waals surface area (Å²) in [4.78, 5) is 31.8. The smallest absolute Gasteiger partial charge is 0.416 e. The molecule has 11 heteroatoms. The van der Waals surface area contributed by atoms with Crippen molar-refractivity contribution in [3.63, 3.8) is 0 Å². The van der Waals surface area contributed by atoms with Crippen LogP contribution in [0.5, 0.6) is 5.75 Å². The number of fused-ring (bicyclic) bond motifs is 1. The van der Waals surface area contributed by atoms with Gasteiger partial charge in [0.25, 0.3) is 5.56 Å². The molecule has 218 valence electrons. The number of thiazole rings is 1. The maximum absolute atomic E-state index is 13.8. The lowest BCUT2D eigenvalue weighted by Gasteiger charge is -2.25. The lowest BCUT2D eigenvalue weighted by atomic mass is 9.96. The summed E-state index contributed by atoms with van der Waals surface area (Å²) in [6.07, 6.45) is -3.00. The van der Waals surface area contributed by atoms with Gasteiger partial charge in [0.15, 0.2) is 4.80 Å². The molecule has 0 unspecified atom stereocenters. The molecule has 0 saturated heterocycles. The second-order valence-electron chi connectivity index (χ2n) is 9.82. The van der Waals surface area contributed by atoms with Crippen LogP contribution in [0, 0.1) is 0 Å². The number of alkyl halides is 3. The number of hydrogen-bond acceptors (Lipinski definition) is 7. The standard InChI is InChI=1S/C31H27F3N2O5S/c1-5-39-29(38)26-18(4)35-30-36(27(26)19-9-11-22(12-10-19)40-17(2)3)28(37)25(42-30)16-23-13-14-24(41-23)20-7-6-8-21(15-20)31(32,33)34/h6-17,27H,5H2,1-4H3/b25-16-/t27-/m1/s1. The highest BCUT2D eigenvalue weighted by molar-refractivity contribution is 7.07. The van der Waals surface area contributed by atoms with E-state index in [9.17, 15) is 22.8 Å². The highest BCUT2D eigenvalue weighted by Crippen LogP contribution is 2.33. The van der Waals surface area contributed by atoms with Crippen molar-refractivity contribution in [2.45, 2.75) is 46.0 Å². The van der Waals surface area contributed by atoms with Gasteiger partial charge in [0.05, 0.1) is 40.1 Å². The van der Waals surface area contributed by atoms with Gasteiger partial charge < -0.3 is 13.9 Å². The Morgan fingerprint density at radius 1 is 1.14 bits per heavy atom. The molecule has 0 aliphatic carbocycles. The van der Waals surface area contributed by atoms with Gasteiger partial charge in [0.2, 0.25) is 0 Å². The molecule has 0 spiro atoms. The van der Waals surface area contributed by atoms with Gasteiger partial charge in [0.1, 0.15) is 17.3 Å². The average Bonchev–Trinajstić information content (AvgIpc) is 3.52. The first-order valence-corrected chi connectivity index (χ1v) is 14.0.